The molecular formula is C23H27FN6O2S. The highest BCUT2D eigenvalue weighted by Gasteiger charge is 2.24. The van der Waals surface area contributed by atoms with E-state index in [1.165, 1.54) is 23.9 Å². The number of amides is 1. The maximum Gasteiger partial charge on any atom is 0.270 e. The van der Waals surface area contributed by atoms with Crippen LogP contribution in [0, 0.1) is 5.82 Å². The highest BCUT2D eigenvalue weighted by atomic mass is 32.2. The van der Waals surface area contributed by atoms with E-state index in [-0.39, 0.29) is 29.3 Å². The Morgan fingerprint density at radius 1 is 1.18 bits per heavy atom. The van der Waals surface area contributed by atoms with Crippen molar-refractivity contribution in [1.82, 2.24) is 29.5 Å². The lowest BCUT2D eigenvalue weighted by Crippen LogP contribution is -2.27. The van der Waals surface area contributed by atoms with E-state index in [9.17, 15) is 14.0 Å². The molecule has 1 unspecified atom stereocenters. The van der Waals surface area contributed by atoms with E-state index < -0.39 is 0 Å². The van der Waals surface area contributed by atoms with Crippen molar-refractivity contribution in [2.45, 2.75) is 31.0 Å². The van der Waals surface area contributed by atoms with Crippen LogP contribution in [-0.4, -0.2) is 74.2 Å². The van der Waals surface area contributed by atoms with Gasteiger partial charge in [-0.15, -0.1) is 10.2 Å². The SMILES string of the molecule is CC(c1nnc(SCC(=O)c2c[nH]c(C(=O)N3CCCC3)c2)n1-c1ccc(F)cc1)N(C)C. The number of nitrogens with one attached hydrogen (secondary N) is 1. The number of carbonyl (C=O) groups excluding carboxylic acids is 2. The number of aromatic nitrogens is 4. The molecule has 0 radical (unpaired) electrons. The molecular weight excluding hydrogens is 443 g/mol. The molecule has 1 amide bonds. The van der Waals surface area contributed by atoms with Gasteiger partial charge in [0.15, 0.2) is 16.8 Å². The van der Waals surface area contributed by atoms with Gasteiger partial charge in [-0.25, -0.2) is 4.39 Å². The molecule has 1 aliphatic rings. The predicted octanol–water partition coefficient (Wildman–Crippen LogP) is 3.57. The number of ketones is 1. The first-order chi connectivity index (χ1) is 15.8. The van der Waals surface area contributed by atoms with Gasteiger partial charge in [0.25, 0.3) is 5.91 Å². The summed E-state index contributed by atoms with van der Waals surface area (Å²) >= 11 is 1.26. The Hall–Kier alpha value is -2.98. The van der Waals surface area contributed by atoms with Gasteiger partial charge in [0.05, 0.1) is 11.8 Å². The lowest BCUT2D eigenvalue weighted by atomic mass is 10.2. The largest absolute Gasteiger partial charge is 0.356 e. The van der Waals surface area contributed by atoms with Crippen molar-refractivity contribution in [3.05, 3.63) is 59.4 Å². The number of Topliss-reactive ketones (excluding diaryl/α,β-unsaturated/α-hetero) is 1. The second kappa shape index (κ2) is 9.88. The van der Waals surface area contributed by atoms with Gasteiger partial charge >= 0.3 is 0 Å². The van der Waals surface area contributed by atoms with Crippen LogP contribution in [0.2, 0.25) is 0 Å². The quantitative estimate of drug-likeness (QED) is 0.400. The highest BCUT2D eigenvalue weighted by Crippen LogP contribution is 2.27. The van der Waals surface area contributed by atoms with Crippen molar-refractivity contribution in [2.75, 3.05) is 32.9 Å². The fourth-order valence-electron chi connectivity index (χ4n) is 3.69. The Bertz CT molecular complexity index is 1130. The summed E-state index contributed by atoms with van der Waals surface area (Å²) in [5.74, 6) is 0.308. The molecule has 1 N–H and O–H groups in total. The molecule has 0 saturated carbocycles. The minimum absolute atomic E-state index is 0.0450. The Labute approximate surface area is 196 Å². The number of hydrogen-bond donors (Lipinski definition) is 1. The van der Waals surface area contributed by atoms with Crippen LogP contribution in [0.15, 0.2) is 41.7 Å². The number of nitrogens with zero attached hydrogens (tertiary/aromatic N) is 5. The van der Waals surface area contributed by atoms with Gasteiger partial charge in [-0.1, -0.05) is 11.8 Å². The van der Waals surface area contributed by atoms with E-state index in [2.05, 4.69) is 15.2 Å². The van der Waals surface area contributed by atoms with E-state index in [1.54, 1.807) is 29.3 Å². The second-order valence-electron chi connectivity index (χ2n) is 8.31. The fourth-order valence-corrected chi connectivity index (χ4v) is 4.55. The van der Waals surface area contributed by atoms with E-state index >= 15 is 0 Å². The van der Waals surface area contributed by atoms with Crippen molar-refractivity contribution in [3.63, 3.8) is 0 Å². The molecule has 8 nitrogen and oxygen atoms in total. The average Bonchev–Trinajstić information content (AvgIpc) is 3.58. The molecule has 0 spiro atoms. The molecule has 0 aliphatic carbocycles. The van der Waals surface area contributed by atoms with E-state index in [0.29, 0.717) is 22.2 Å². The Morgan fingerprint density at radius 3 is 2.55 bits per heavy atom. The zero-order valence-electron chi connectivity index (χ0n) is 18.9. The number of likely N-dealkylation sites (tertiary alicyclic amines) is 1. The third kappa shape index (κ3) is 5.01. The van der Waals surface area contributed by atoms with Gasteiger partial charge in [0, 0.05) is 30.5 Å². The lowest BCUT2D eigenvalue weighted by molar-refractivity contribution is 0.0787. The Morgan fingerprint density at radius 2 is 1.88 bits per heavy atom. The van der Waals surface area contributed by atoms with Gasteiger partial charge in [-0.05, 0) is 64.2 Å². The summed E-state index contributed by atoms with van der Waals surface area (Å²) in [6, 6.07) is 7.68. The van der Waals surface area contributed by atoms with E-state index in [1.807, 2.05) is 30.5 Å². The number of halogens is 1. The molecule has 1 aromatic carbocycles. The number of rotatable bonds is 8. The molecule has 1 atom stereocenters. The van der Waals surface area contributed by atoms with Crippen molar-refractivity contribution in [1.29, 1.82) is 0 Å². The van der Waals surface area contributed by atoms with Crippen LogP contribution >= 0.6 is 11.8 Å². The van der Waals surface area contributed by atoms with Crippen molar-refractivity contribution in [3.8, 4) is 5.69 Å². The van der Waals surface area contributed by atoms with Gasteiger partial charge in [0.2, 0.25) is 0 Å². The van der Waals surface area contributed by atoms with Gasteiger partial charge in [0.1, 0.15) is 11.5 Å². The van der Waals surface area contributed by atoms with Gasteiger partial charge < -0.3 is 9.88 Å². The van der Waals surface area contributed by atoms with Gasteiger partial charge in [-0.3, -0.25) is 19.1 Å². The molecule has 33 heavy (non-hydrogen) atoms. The van der Waals surface area contributed by atoms with Crippen molar-refractivity contribution in [2.24, 2.45) is 0 Å². The number of benzene rings is 1. The van der Waals surface area contributed by atoms with Crippen LogP contribution in [0.3, 0.4) is 0 Å². The third-order valence-electron chi connectivity index (χ3n) is 5.85. The molecule has 2 aromatic heterocycles. The van der Waals surface area contributed by atoms with Crippen LogP contribution in [0.25, 0.3) is 5.69 Å². The average molecular weight is 471 g/mol. The first-order valence-corrected chi connectivity index (χ1v) is 11.8. The summed E-state index contributed by atoms with van der Waals surface area (Å²) in [7, 11) is 3.88. The molecule has 3 heterocycles. The first-order valence-electron chi connectivity index (χ1n) is 10.9. The first kappa shape index (κ1) is 23.2. The van der Waals surface area contributed by atoms with Crippen LogP contribution in [-0.2, 0) is 0 Å². The van der Waals surface area contributed by atoms with Crippen LogP contribution in [0.1, 0.15) is 52.5 Å². The van der Waals surface area contributed by atoms with Crippen molar-refractivity contribution >= 4 is 23.5 Å². The summed E-state index contributed by atoms with van der Waals surface area (Å²) < 4.78 is 15.3. The minimum Gasteiger partial charge on any atom is -0.356 e. The molecule has 1 aliphatic heterocycles. The molecule has 0 bridgehead atoms. The third-order valence-corrected chi connectivity index (χ3v) is 6.78. The maximum atomic E-state index is 13.5. The molecule has 3 aromatic rings. The molecule has 1 saturated heterocycles. The van der Waals surface area contributed by atoms with Crippen LogP contribution in [0.5, 0.6) is 0 Å². The lowest BCUT2D eigenvalue weighted by Gasteiger charge is -2.20. The topological polar surface area (TPSA) is 87.1 Å². The Kier molecular flexibility index (Phi) is 6.94. The molecule has 174 valence electrons. The number of carbonyl (C=O) groups is 2. The van der Waals surface area contributed by atoms with Crippen LogP contribution in [0.4, 0.5) is 4.39 Å². The summed E-state index contributed by atoms with van der Waals surface area (Å²) in [5.41, 5.74) is 1.61. The fraction of sp³-hybridized carbons (Fsp3) is 0.391. The number of hydrogen-bond acceptors (Lipinski definition) is 6. The molecule has 4 rings (SSSR count). The predicted molar refractivity (Wildman–Crippen MR) is 124 cm³/mol. The number of aromatic amines is 1. The second-order valence-corrected chi connectivity index (χ2v) is 9.25. The Balaban J connectivity index is 1.51. The summed E-state index contributed by atoms with van der Waals surface area (Å²) in [6.45, 7) is 3.51. The molecule has 10 heteroatoms. The maximum absolute atomic E-state index is 13.5. The van der Waals surface area contributed by atoms with E-state index in [0.717, 1.165) is 31.6 Å². The number of H-pyrrole nitrogens is 1. The zero-order valence-corrected chi connectivity index (χ0v) is 19.7. The highest BCUT2D eigenvalue weighted by molar-refractivity contribution is 7.99. The summed E-state index contributed by atoms with van der Waals surface area (Å²) in [6.07, 6.45) is 3.60. The zero-order chi connectivity index (χ0) is 23.5. The van der Waals surface area contributed by atoms with Gasteiger partial charge in [-0.2, -0.15) is 0 Å². The number of thioether (sulfide) groups is 1. The minimum atomic E-state index is -0.329. The summed E-state index contributed by atoms with van der Waals surface area (Å²) in [5, 5.41) is 9.20. The monoisotopic (exact) mass is 470 g/mol. The standard InChI is InChI=1S/C23H27FN6O2S/c1-15(28(2)3)21-26-27-23(30(21)18-8-6-17(24)7-9-18)33-14-20(31)16-12-19(25-13-16)22(32)29-10-4-5-11-29/h6-9,12-13,15,25H,4-5,10-11,14H2,1-3H3. The van der Waals surface area contributed by atoms with E-state index in [4.69, 9.17) is 0 Å². The smallest absolute Gasteiger partial charge is 0.270 e. The van der Waals surface area contributed by atoms with Crippen molar-refractivity contribution < 1.29 is 14.0 Å². The normalized spacial score (nSPS) is 14.8. The molecule has 1 fully saturated rings. The summed E-state index contributed by atoms with van der Waals surface area (Å²) in [4.78, 5) is 32.1. The van der Waals surface area contributed by atoms with Crippen LogP contribution < -0.4 is 0 Å².